The molecule has 0 aliphatic rings. The average molecular weight is 207 g/mol. The Morgan fingerprint density at radius 1 is 1.36 bits per heavy atom. The van der Waals surface area contributed by atoms with Crippen LogP contribution in [-0.4, -0.2) is 12.0 Å². The third-order valence-corrected chi connectivity index (χ3v) is 1.50. The van der Waals surface area contributed by atoms with Crippen LogP contribution in [-0.2, 0) is 0 Å². The molecule has 0 heterocycles. The minimum atomic E-state index is -1.59. The molecule has 0 aliphatic carbocycles. The summed E-state index contributed by atoms with van der Waals surface area (Å²) in [6, 6.07) is 0.160. The summed E-state index contributed by atoms with van der Waals surface area (Å²) in [4.78, 5) is 9.01. The van der Waals surface area contributed by atoms with Gasteiger partial charge >= 0.3 is 5.69 Å². The van der Waals surface area contributed by atoms with E-state index in [-0.39, 0.29) is 6.07 Å². The van der Waals surface area contributed by atoms with Crippen molar-refractivity contribution in [2.75, 3.05) is 7.11 Å². The largest absolute Gasteiger partial charge is 0.491 e. The zero-order valence-electron chi connectivity index (χ0n) is 6.88. The Kier molecular flexibility index (Phi) is 2.59. The van der Waals surface area contributed by atoms with E-state index in [0.717, 1.165) is 7.11 Å². The monoisotopic (exact) mass is 207 g/mol. The average Bonchev–Trinajstić information content (AvgIpc) is 2.12. The second kappa shape index (κ2) is 3.52. The van der Waals surface area contributed by atoms with E-state index in [1.165, 1.54) is 0 Å². The molecule has 0 aromatic heterocycles. The topological polar surface area (TPSA) is 52.4 Å². The first-order chi connectivity index (χ1) is 6.49. The zero-order chi connectivity index (χ0) is 10.9. The SMILES string of the molecule is COc1c(F)c(F)cc([N+](=O)[O-])c1F. The number of methoxy groups -OCH3 is 1. The summed E-state index contributed by atoms with van der Waals surface area (Å²) in [6.45, 7) is 0. The fourth-order valence-electron chi connectivity index (χ4n) is 0.880. The molecular formula is C7H4F3NO3. The van der Waals surface area contributed by atoms with E-state index in [9.17, 15) is 23.3 Å². The molecule has 0 N–H and O–H groups in total. The van der Waals surface area contributed by atoms with Crippen molar-refractivity contribution in [3.05, 3.63) is 33.6 Å². The summed E-state index contributed by atoms with van der Waals surface area (Å²) in [7, 11) is 0.880. The van der Waals surface area contributed by atoms with Crippen molar-refractivity contribution in [1.82, 2.24) is 0 Å². The molecule has 0 saturated heterocycles. The summed E-state index contributed by atoms with van der Waals surface area (Å²) in [5.74, 6) is -5.75. The summed E-state index contributed by atoms with van der Waals surface area (Å²) in [5, 5.41) is 10.2. The molecule has 0 atom stereocenters. The van der Waals surface area contributed by atoms with E-state index >= 15 is 0 Å². The summed E-state index contributed by atoms with van der Waals surface area (Å²) in [6.07, 6.45) is 0. The van der Waals surface area contributed by atoms with E-state index in [0.29, 0.717) is 0 Å². The van der Waals surface area contributed by atoms with Crippen LogP contribution in [0.5, 0.6) is 5.75 Å². The lowest BCUT2D eigenvalue weighted by molar-refractivity contribution is -0.387. The van der Waals surface area contributed by atoms with Gasteiger partial charge in [-0.3, -0.25) is 10.1 Å². The predicted octanol–water partition coefficient (Wildman–Crippen LogP) is 2.02. The highest BCUT2D eigenvalue weighted by Crippen LogP contribution is 2.30. The Hall–Kier alpha value is -1.79. The van der Waals surface area contributed by atoms with Crippen molar-refractivity contribution in [1.29, 1.82) is 0 Å². The van der Waals surface area contributed by atoms with Gasteiger partial charge in [-0.2, -0.15) is 8.78 Å². The van der Waals surface area contributed by atoms with E-state index in [1.54, 1.807) is 0 Å². The fourth-order valence-corrected chi connectivity index (χ4v) is 0.880. The highest BCUT2D eigenvalue weighted by atomic mass is 19.2. The van der Waals surface area contributed by atoms with Gasteiger partial charge in [0.05, 0.1) is 18.1 Å². The van der Waals surface area contributed by atoms with Crippen LogP contribution in [0, 0.1) is 27.6 Å². The number of halogens is 3. The Labute approximate surface area is 76.1 Å². The van der Waals surface area contributed by atoms with Gasteiger partial charge in [-0.1, -0.05) is 0 Å². The van der Waals surface area contributed by atoms with Gasteiger partial charge in [0.1, 0.15) is 0 Å². The predicted molar refractivity (Wildman–Crippen MR) is 39.5 cm³/mol. The number of benzene rings is 1. The van der Waals surface area contributed by atoms with Gasteiger partial charge in [0.2, 0.25) is 17.4 Å². The molecule has 0 aliphatic heterocycles. The minimum absolute atomic E-state index is 0.160. The van der Waals surface area contributed by atoms with Gasteiger partial charge in [0.25, 0.3) is 0 Å². The molecule has 1 aromatic carbocycles. The van der Waals surface area contributed by atoms with Crippen molar-refractivity contribution in [3.8, 4) is 5.75 Å². The number of nitro groups is 1. The number of nitrogens with zero attached hydrogens (tertiary/aromatic N) is 1. The van der Waals surface area contributed by atoms with Crippen molar-refractivity contribution >= 4 is 5.69 Å². The van der Waals surface area contributed by atoms with Crippen LogP contribution in [0.1, 0.15) is 0 Å². The fraction of sp³-hybridized carbons (Fsp3) is 0.143. The second-order valence-electron chi connectivity index (χ2n) is 2.30. The van der Waals surface area contributed by atoms with Crippen LogP contribution in [0.15, 0.2) is 6.07 Å². The maximum absolute atomic E-state index is 13.0. The van der Waals surface area contributed by atoms with Crippen molar-refractivity contribution in [3.63, 3.8) is 0 Å². The first-order valence-electron chi connectivity index (χ1n) is 3.35. The third-order valence-electron chi connectivity index (χ3n) is 1.50. The van der Waals surface area contributed by atoms with Gasteiger partial charge in [0, 0.05) is 0 Å². The molecule has 0 amide bonds. The highest BCUT2D eigenvalue weighted by Gasteiger charge is 2.26. The molecular weight excluding hydrogens is 203 g/mol. The molecule has 0 fully saturated rings. The number of nitro benzene ring substituents is 1. The summed E-state index contributed by atoms with van der Waals surface area (Å²) < 4.78 is 42.5. The zero-order valence-corrected chi connectivity index (χ0v) is 6.88. The Morgan fingerprint density at radius 2 is 1.93 bits per heavy atom. The lowest BCUT2D eigenvalue weighted by Gasteiger charge is -2.03. The number of ether oxygens (including phenoxy) is 1. The molecule has 0 unspecified atom stereocenters. The first kappa shape index (κ1) is 10.3. The van der Waals surface area contributed by atoms with E-state index in [2.05, 4.69) is 4.74 Å². The standard InChI is InChI=1S/C7H4F3NO3/c1-14-7-5(9)3(8)2-4(6(7)10)11(12)13/h2H,1H3. The van der Waals surface area contributed by atoms with Gasteiger partial charge in [-0.05, 0) is 0 Å². The third kappa shape index (κ3) is 1.48. The Bertz CT molecular complexity index is 394. The van der Waals surface area contributed by atoms with Crippen LogP contribution < -0.4 is 4.74 Å². The van der Waals surface area contributed by atoms with Gasteiger partial charge < -0.3 is 4.74 Å². The molecule has 0 saturated carbocycles. The highest BCUT2D eigenvalue weighted by molar-refractivity contribution is 5.42. The van der Waals surface area contributed by atoms with E-state index < -0.39 is 33.8 Å². The lowest BCUT2D eigenvalue weighted by Crippen LogP contribution is -2.01. The molecule has 4 nitrogen and oxygen atoms in total. The van der Waals surface area contributed by atoms with E-state index in [1.807, 2.05) is 0 Å². The molecule has 1 rings (SSSR count). The Morgan fingerprint density at radius 3 is 2.36 bits per heavy atom. The van der Waals surface area contributed by atoms with Crippen molar-refractivity contribution in [2.45, 2.75) is 0 Å². The van der Waals surface area contributed by atoms with Gasteiger partial charge in [-0.15, -0.1) is 0 Å². The number of rotatable bonds is 2. The molecule has 0 bridgehead atoms. The maximum atomic E-state index is 13.0. The Balaban J connectivity index is 3.50. The molecule has 1 aromatic rings. The summed E-state index contributed by atoms with van der Waals surface area (Å²) in [5.41, 5.74) is -1.17. The molecule has 0 spiro atoms. The van der Waals surface area contributed by atoms with Crippen LogP contribution in [0.4, 0.5) is 18.9 Å². The van der Waals surface area contributed by atoms with Crippen LogP contribution in [0.2, 0.25) is 0 Å². The first-order valence-corrected chi connectivity index (χ1v) is 3.35. The number of hydrogen-bond acceptors (Lipinski definition) is 3. The van der Waals surface area contributed by atoms with Crippen LogP contribution in [0.3, 0.4) is 0 Å². The van der Waals surface area contributed by atoms with Crippen LogP contribution in [0.25, 0.3) is 0 Å². The molecule has 76 valence electrons. The van der Waals surface area contributed by atoms with E-state index in [4.69, 9.17) is 0 Å². The van der Waals surface area contributed by atoms with Crippen molar-refractivity contribution < 1.29 is 22.8 Å². The molecule has 7 heteroatoms. The quantitative estimate of drug-likeness (QED) is 0.423. The normalized spacial score (nSPS) is 10.0. The van der Waals surface area contributed by atoms with Crippen LogP contribution >= 0.6 is 0 Å². The van der Waals surface area contributed by atoms with Gasteiger partial charge in [0.15, 0.2) is 5.82 Å². The van der Waals surface area contributed by atoms with Gasteiger partial charge in [-0.25, -0.2) is 4.39 Å². The molecule has 0 radical (unpaired) electrons. The van der Waals surface area contributed by atoms with Crippen molar-refractivity contribution in [2.24, 2.45) is 0 Å². The summed E-state index contributed by atoms with van der Waals surface area (Å²) >= 11 is 0. The lowest BCUT2D eigenvalue weighted by atomic mass is 10.2. The maximum Gasteiger partial charge on any atom is 0.311 e. The second-order valence-corrected chi connectivity index (χ2v) is 2.30. The smallest absolute Gasteiger partial charge is 0.311 e. The minimum Gasteiger partial charge on any atom is -0.491 e. The molecule has 14 heavy (non-hydrogen) atoms. The number of hydrogen-bond donors (Lipinski definition) is 0.